The fourth-order valence-corrected chi connectivity index (χ4v) is 3.68. The Morgan fingerprint density at radius 2 is 2.05 bits per heavy atom. The average molecular weight is 284 g/mol. The number of pyridine rings is 1. The highest BCUT2D eigenvalue weighted by molar-refractivity contribution is 5.78. The van der Waals surface area contributed by atoms with Gasteiger partial charge in [0.05, 0.1) is 5.52 Å². The van der Waals surface area contributed by atoms with E-state index in [2.05, 4.69) is 18.3 Å². The monoisotopic (exact) mass is 284 g/mol. The highest BCUT2D eigenvalue weighted by Gasteiger charge is 2.26. The molecule has 0 saturated heterocycles. The Bertz CT molecular complexity index is 662. The van der Waals surface area contributed by atoms with Crippen LogP contribution < -0.4 is 10.9 Å². The van der Waals surface area contributed by atoms with E-state index in [0.717, 1.165) is 30.4 Å². The summed E-state index contributed by atoms with van der Waals surface area (Å²) < 4.78 is 1.94. The minimum atomic E-state index is 0.117. The van der Waals surface area contributed by atoms with Crippen molar-refractivity contribution in [2.75, 3.05) is 6.54 Å². The number of nitrogens with zero attached hydrogens (tertiary/aromatic N) is 1. The Labute approximate surface area is 126 Å². The van der Waals surface area contributed by atoms with E-state index in [1.54, 1.807) is 6.07 Å². The van der Waals surface area contributed by atoms with Gasteiger partial charge in [-0.2, -0.15) is 0 Å². The Kier molecular flexibility index (Phi) is 4.39. The first-order valence-electron chi connectivity index (χ1n) is 8.11. The minimum absolute atomic E-state index is 0.117. The molecule has 1 aromatic heterocycles. The third kappa shape index (κ3) is 3.03. The number of aryl methyl sites for hydroxylation is 1. The molecule has 112 valence electrons. The predicted molar refractivity (Wildman–Crippen MR) is 87.6 cm³/mol. The number of benzene rings is 1. The van der Waals surface area contributed by atoms with Crippen molar-refractivity contribution in [1.82, 2.24) is 9.88 Å². The summed E-state index contributed by atoms with van der Waals surface area (Å²) in [4.78, 5) is 12.2. The lowest BCUT2D eigenvalue weighted by Gasteiger charge is -2.21. The Morgan fingerprint density at radius 1 is 1.19 bits per heavy atom. The lowest BCUT2D eigenvalue weighted by Crippen LogP contribution is -2.33. The summed E-state index contributed by atoms with van der Waals surface area (Å²) in [5.41, 5.74) is 1.18. The van der Waals surface area contributed by atoms with Crippen molar-refractivity contribution in [3.05, 3.63) is 46.8 Å². The van der Waals surface area contributed by atoms with E-state index >= 15 is 0 Å². The number of fused-ring (bicyclic) bond motifs is 1. The van der Waals surface area contributed by atoms with Crippen molar-refractivity contribution in [2.24, 2.45) is 5.92 Å². The minimum Gasteiger partial charge on any atom is -0.314 e. The van der Waals surface area contributed by atoms with Crippen molar-refractivity contribution in [3.8, 4) is 0 Å². The number of rotatable bonds is 5. The molecule has 1 aliphatic carbocycles. The SMILES string of the molecule is CCNC1CCCC1CCn1c(=O)ccc2ccccc21. The van der Waals surface area contributed by atoms with E-state index in [-0.39, 0.29) is 5.56 Å². The molecule has 2 unspecified atom stereocenters. The quantitative estimate of drug-likeness (QED) is 0.915. The Balaban J connectivity index is 1.79. The molecule has 0 amide bonds. The molecule has 3 nitrogen and oxygen atoms in total. The van der Waals surface area contributed by atoms with Gasteiger partial charge in [0.2, 0.25) is 0 Å². The summed E-state index contributed by atoms with van der Waals surface area (Å²) in [6, 6.07) is 12.4. The highest BCUT2D eigenvalue weighted by Crippen LogP contribution is 2.29. The zero-order valence-corrected chi connectivity index (χ0v) is 12.7. The maximum atomic E-state index is 12.2. The van der Waals surface area contributed by atoms with Gasteiger partial charge in [-0.15, -0.1) is 0 Å². The number of hydrogen-bond donors (Lipinski definition) is 1. The molecule has 0 radical (unpaired) electrons. The normalized spacial score (nSPS) is 22.0. The van der Waals surface area contributed by atoms with E-state index < -0.39 is 0 Å². The maximum absolute atomic E-state index is 12.2. The molecule has 1 fully saturated rings. The van der Waals surface area contributed by atoms with Crippen LogP contribution in [0.5, 0.6) is 0 Å². The van der Waals surface area contributed by atoms with E-state index in [9.17, 15) is 4.79 Å². The summed E-state index contributed by atoms with van der Waals surface area (Å²) >= 11 is 0. The molecular weight excluding hydrogens is 260 g/mol. The van der Waals surface area contributed by atoms with Crippen LogP contribution in [0.15, 0.2) is 41.2 Å². The van der Waals surface area contributed by atoms with Crippen molar-refractivity contribution in [3.63, 3.8) is 0 Å². The summed E-state index contributed by atoms with van der Waals surface area (Å²) in [6.45, 7) is 4.03. The fraction of sp³-hybridized carbons (Fsp3) is 0.500. The first-order chi connectivity index (χ1) is 10.3. The first-order valence-corrected chi connectivity index (χ1v) is 8.11. The molecule has 0 aliphatic heterocycles. The number of nitrogens with one attached hydrogen (secondary N) is 1. The molecule has 1 aliphatic rings. The van der Waals surface area contributed by atoms with Gasteiger partial charge in [-0.25, -0.2) is 0 Å². The van der Waals surface area contributed by atoms with Crippen LogP contribution >= 0.6 is 0 Å². The molecule has 2 aromatic rings. The van der Waals surface area contributed by atoms with Gasteiger partial charge >= 0.3 is 0 Å². The largest absolute Gasteiger partial charge is 0.314 e. The van der Waals surface area contributed by atoms with Crippen LogP contribution in [0.1, 0.15) is 32.6 Å². The van der Waals surface area contributed by atoms with Crippen LogP contribution in [0.4, 0.5) is 0 Å². The number of aromatic nitrogens is 1. The highest BCUT2D eigenvalue weighted by atomic mass is 16.1. The van der Waals surface area contributed by atoms with E-state index in [1.807, 2.05) is 28.8 Å². The molecule has 1 heterocycles. The van der Waals surface area contributed by atoms with Gasteiger partial charge in [0.1, 0.15) is 0 Å². The van der Waals surface area contributed by atoms with Crippen molar-refractivity contribution in [2.45, 2.75) is 45.2 Å². The lowest BCUT2D eigenvalue weighted by molar-refractivity contribution is 0.366. The third-order valence-electron chi connectivity index (χ3n) is 4.75. The van der Waals surface area contributed by atoms with Gasteiger partial charge in [0.15, 0.2) is 0 Å². The molecule has 3 heteroatoms. The molecule has 2 atom stereocenters. The van der Waals surface area contributed by atoms with Crippen molar-refractivity contribution < 1.29 is 0 Å². The molecule has 21 heavy (non-hydrogen) atoms. The molecule has 0 spiro atoms. The summed E-state index contributed by atoms with van der Waals surface area (Å²) in [5, 5.41) is 4.74. The fourth-order valence-electron chi connectivity index (χ4n) is 3.68. The second kappa shape index (κ2) is 6.44. The lowest BCUT2D eigenvalue weighted by atomic mass is 9.99. The molecular formula is C18H24N2O. The van der Waals surface area contributed by atoms with Crippen LogP contribution in [0.2, 0.25) is 0 Å². The van der Waals surface area contributed by atoms with Gasteiger partial charge in [0, 0.05) is 18.7 Å². The standard InChI is InChI=1S/C18H24N2O/c1-2-19-16-8-5-7-14(16)12-13-20-17-9-4-3-6-15(17)10-11-18(20)21/h3-4,6,9-11,14,16,19H,2,5,7-8,12-13H2,1H3. The van der Waals surface area contributed by atoms with Crippen LogP contribution in [-0.4, -0.2) is 17.2 Å². The Morgan fingerprint density at radius 3 is 2.90 bits per heavy atom. The van der Waals surface area contributed by atoms with Crippen LogP contribution in [0.3, 0.4) is 0 Å². The topological polar surface area (TPSA) is 34.0 Å². The second-order valence-corrected chi connectivity index (χ2v) is 6.03. The van der Waals surface area contributed by atoms with Crippen molar-refractivity contribution >= 4 is 10.9 Å². The summed E-state index contributed by atoms with van der Waals surface area (Å²) in [7, 11) is 0. The van der Waals surface area contributed by atoms with E-state index in [0.29, 0.717) is 12.0 Å². The molecule has 1 aromatic carbocycles. The van der Waals surface area contributed by atoms with Gasteiger partial charge < -0.3 is 9.88 Å². The van der Waals surface area contributed by atoms with E-state index in [1.165, 1.54) is 19.3 Å². The number of para-hydroxylation sites is 1. The van der Waals surface area contributed by atoms with Crippen LogP contribution in [0.25, 0.3) is 10.9 Å². The average Bonchev–Trinajstić information content (AvgIpc) is 2.94. The van der Waals surface area contributed by atoms with Gasteiger partial charge in [0.25, 0.3) is 5.56 Å². The Hall–Kier alpha value is -1.61. The van der Waals surface area contributed by atoms with Gasteiger partial charge in [-0.1, -0.05) is 31.5 Å². The zero-order chi connectivity index (χ0) is 14.7. The maximum Gasteiger partial charge on any atom is 0.251 e. The molecule has 1 N–H and O–H groups in total. The zero-order valence-electron chi connectivity index (χ0n) is 12.7. The first kappa shape index (κ1) is 14.3. The van der Waals surface area contributed by atoms with Crippen LogP contribution in [0, 0.1) is 5.92 Å². The van der Waals surface area contributed by atoms with Crippen molar-refractivity contribution in [1.29, 1.82) is 0 Å². The molecule has 1 saturated carbocycles. The van der Waals surface area contributed by atoms with Crippen LogP contribution in [-0.2, 0) is 6.54 Å². The second-order valence-electron chi connectivity index (χ2n) is 6.03. The van der Waals surface area contributed by atoms with Gasteiger partial charge in [-0.3, -0.25) is 4.79 Å². The summed E-state index contributed by atoms with van der Waals surface area (Å²) in [6.07, 6.45) is 4.97. The molecule has 3 rings (SSSR count). The predicted octanol–water partition coefficient (Wildman–Crippen LogP) is 3.17. The number of hydrogen-bond acceptors (Lipinski definition) is 2. The smallest absolute Gasteiger partial charge is 0.251 e. The van der Waals surface area contributed by atoms with Gasteiger partial charge in [-0.05, 0) is 49.2 Å². The summed E-state index contributed by atoms with van der Waals surface area (Å²) in [5.74, 6) is 0.704. The third-order valence-corrected chi connectivity index (χ3v) is 4.75. The van der Waals surface area contributed by atoms with E-state index in [4.69, 9.17) is 0 Å². The molecule has 0 bridgehead atoms.